The maximum Gasteiger partial charge on any atom is 0.280 e. The van der Waals surface area contributed by atoms with E-state index in [2.05, 4.69) is 23.2 Å². The molecule has 3 radical (unpaired) electrons. The first-order chi connectivity index (χ1) is 11.7. The molecule has 1 aliphatic heterocycles. The van der Waals surface area contributed by atoms with Crippen LogP contribution in [0.3, 0.4) is 0 Å². The highest BCUT2D eigenvalue weighted by atomic mass is 31.3. The third kappa shape index (κ3) is 10.7. The molecule has 0 aliphatic carbocycles. The molecule has 0 spiro atoms. The number of azide groups is 1. The zero-order valence-corrected chi connectivity index (χ0v) is 16.6. The summed E-state index contributed by atoms with van der Waals surface area (Å²) in [4.78, 5) is 43.7. The summed E-state index contributed by atoms with van der Waals surface area (Å²) in [5.74, 6) is 0. The standard InChI is InChI=1S/C8H18N3O12P3.B/c1-5-3-7(21-6(2)10-11-9)8(20-5)4-19-25(15,16)23-26(17,18)22-24(12,13)14;/h5-8H,3-4H2,1-2H3,(H,15,16)(H,17,18)(H2,12,13,14);/p-3/t5-,6?,7+,8+;/m0./s1. The molecule has 0 saturated carbocycles. The topological polar surface area (TPSA) is 236 Å². The van der Waals surface area contributed by atoms with Crippen LogP contribution in [0.5, 0.6) is 0 Å². The Bertz CT molecular complexity index is 683. The molecule has 1 heterocycles. The summed E-state index contributed by atoms with van der Waals surface area (Å²) in [6.45, 7) is 2.34. The van der Waals surface area contributed by atoms with Gasteiger partial charge in [-0.3, -0.25) is 13.7 Å². The smallest absolute Gasteiger partial charge is 0.280 e. The highest BCUT2D eigenvalue weighted by molar-refractivity contribution is 7.65. The quantitative estimate of drug-likeness (QED) is 0.143. The maximum absolute atomic E-state index is 11.5. The third-order valence-electron chi connectivity index (χ3n) is 2.77. The molecule has 1 saturated heterocycles. The van der Waals surface area contributed by atoms with Crippen LogP contribution in [0.25, 0.3) is 10.4 Å². The second-order valence-corrected chi connectivity index (χ2v) is 9.31. The van der Waals surface area contributed by atoms with Gasteiger partial charge in [0.1, 0.15) is 12.3 Å². The van der Waals surface area contributed by atoms with Crippen LogP contribution in [0.4, 0.5) is 0 Å². The number of phosphoric acid groups is 3. The van der Waals surface area contributed by atoms with Gasteiger partial charge in [0.25, 0.3) is 23.5 Å². The van der Waals surface area contributed by atoms with E-state index in [1.165, 1.54) is 6.92 Å². The normalized spacial score (nSPS) is 30.1. The molecule has 0 aromatic rings. The third-order valence-corrected chi connectivity index (χ3v) is 6.46. The molecule has 1 rings (SSSR count). The summed E-state index contributed by atoms with van der Waals surface area (Å²) in [5, 5.41) is 3.29. The van der Waals surface area contributed by atoms with Crippen molar-refractivity contribution < 1.29 is 55.9 Å². The second-order valence-electron chi connectivity index (χ2n) is 5.02. The van der Waals surface area contributed by atoms with Gasteiger partial charge in [0.05, 0.1) is 18.8 Å². The van der Waals surface area contributed by atoms with Gasteiger partial charge in [-0.05, 0) is 19.4 Å². The number of ether oxygens (including phenoxy) is 2. The van der Waals surface area contributed by atoms with Gasteiger partial charge in [0.2, 0.25) is 0 Å². The van der Waals surface area contributed by atoms with Crippen LogP contribution < -0.4 is 14.7 Å². The Balaban J connectivity index is 0.00000676. The lowest BCUT2D eigenvalue weighted by Crippen LogP contribution is -2.32. The highest BCUT2D eigenvalue weighted by Gasteiger charge is 2.36. The van der Waals surface area contributed by atoms with E-state index < -0.39 is 48.5 Å². The average molecular weight is 449 g/mol. The van der Waals surface area contributed by atoms with E-state index in [1.807, 2.05) is 0 Å². The molecule has 0 bridgehead atoms. The Morgan fingerprint density at radius 3 is 2.41 bits per heavy atom. The van der Waals surface area contributed by atoms with Gasteiger partial charge >= 0.3 is 0 Å². The number of nitrogens with zero attached hydrogens (tertiary/aromatic N) is 3. The van der Waals surface area contributed by atoms with Gasteiger partial charge in [-0.15, -0.1) is 0 Å². The van der Waals surface area contributed by atoms with Crippen molar-refractivity contribution in [3.63, 3.8) is 0 Å². The fourth-order valence-corrected chi connectivity index (χ4v) is 4.91. The van der Waals surface area contributed by atoms with E-state index in [0.29, 0.717) is 6.42 Å². The first kappa shape index (κ1) is 26.7. The number of rotatable bonds is 10. The largest absolute Gasteiger partial charge is 0.756 e. The van der Waals surface area contributed by atoms with Gasteiger partial charge < -0.3 is 33.6 Å². The van der Waals surface area contributed by atoms with Gasteiger partial charge in [0, 0.05) is 19.7 Å². The molecule has 19 heteroatoms. The Kier molecular flexibility index (Phi) is 10.4. The summed E-state index contributed by atoms with van der Waals surface area (Å²) in [7, 11) is -17.3. The fraction of sp³-hybridized carbons (Fsp3) is 1.00. The highest BCUT2D eigenvalue weighted by Crippen LogP contribution is 2.61. The lowest BCUT2D eigenvalue weighted by atomic mass is 10.1. The van der Waals surface area contributed by atoms with Crippen molar-refractivity contribution in [1.29, 1.82) is 0 Å². The van der Waals surface area contributed by atoms with Crippen molar-refractivity contribution in [3.05, 3.63) is 10.4 Å². The Morgan fingerprint density at radius 1 is 1.30 bits per heavy atom. The molecular formula is C8H15BN3O12P3-3. The molecular weight excluding hydrogens is 434 g/mol. The molecule has 0 aromatic carbocycles. The average Bonchev–Trinajstić information content (AvgIpc) is 2.72. The molecule has 155 valence electrons. The zero-order chi connectivity index (χ0) is 20.2. The van der Waals surface area contributed by atoms with E-state index >= 15 is 0 Å². The van der Waals surface area contributed by atoms with Gasteiger partial charge in [-0.25, -0.2) is 8.62 Å². The predicted octanol–water partition coefficient (Wildman–Crippen LogP) is -0.728. The van der Waals surface area contributed by atoms with Crippen molar-refractivity contribution in [1.82, 2.24) is 0 Å². The first-order valence-corrected chi connectivity index (χ1v) is 11.2. The minimum absolute atomic E-state index is 0. The summed E-state index contributed by atoms with van der Waals surface area (Å²) < 4.78 is 54.6. The van der Waals surface area contributed by atoms with E-state index in [9.17, 15) is 28.4 Å². The Morgan fingerprint density at radius 2 is 1.89 bits per heavy atom. The van der Waals surface area contributed by atoms with Gasteiger partial charge in [-0.2, -0.15) is 0 Å². The molecule has 7 atom stereocenters. The van der Waals surface area contributed by atoms with E-state index in [4.69, 9.17) is 19.9 Å². The molecule has 27 heavy (non-hydrogen) atoms. The lowest BCUT2D eigenvalue weighted by Gasteiger charge is -2.33. The van der Waals surface area contributed by atoms with E-state index in [1.54, 1.807) is 6.92 Å². The predicted molar refractivity (Wildman–Crippen MR) is 81.3 cm³/mol. The molecule has 1 fully saturated rings. The van der Waals surface area contributed by atoms with Crippen LogP contribution in [0.2, 0.25) is 0 Å². The zero-order valence-electron chi connectivity index (χ0n) is 13.9. The minimum Gasteiger partial charge on any atom is -0.756 e. The summed E-state index contributed by atoms with van der Waals surface area (Å²) in [5.41, 5.74) is 8.33. The minimum atomic E-state index is -5.96. The van der Waals surface area contributed by atoms with Crippen LogP contribution in [-0.2, 0) is 36.3 Å². The Labute approximate surface area is 155 Å². The van der Waals surface area contributed by atoms with Crippen molar-refractivity contribution in [2.45, 2.75) is 44.8 Å². The maximum atomic E-state index is 11.5. The number of hydrogen-bond acceptors (Lipinski definition) is 12. The Hall–Kier alpha value is -0.295. The van der Waals surface area contributed by atoms with Crippen LogP contribution in [0.15, 0.2) is 5.11 Å². The van der Waals surface area contributed by atoms with Gasteiger partial charge in [0.15, 0.2) is 0 Å². The van der Waals surface area contributed by atoms with Crippen molar-refractivity contribution in [2.75, 3.05) is 6.61 Å². The van der Waals surface area contributed by atoms with E-state index in [-0.39, 0.29) is 14.5 Å². The molecule has 1 N–H and O–H groups in total. The molecule has 15 nitrogen and oxygen atoms in total. The van der Waals surface area contributed by atoms with Crippen LogP contribution in [0, 0.1) is 0 Å². The van der Waals surface area contributed by atoms with Crippen LogP contribution >= 0.6 is 23.5 Å². The molecule has 1 aliphatic rings. The monoisotopic (exact) mass is 449 g/mol. The molecule has 4 unspecified atom stereocenters. The summed E-state index contributed by atoms with van der Waals surface area (Å²) in [6.07, 6.45) is -2.67. The summed E-state index contributed by atoms with van der Waals surface area (Å²) >= 11 is 0. The fourth-order valence-electron chi connectivity index (χ4n) is 2.02. The second kappa shape index (κ2) is 10.5. The SMILES string of the molecule is CC(N=[N+]=[N-])O[C@@H]1C[C@H](C)O[C@@H]1COP(=O)([O-])OP(=O)([O-])OP(=O)([O-])O.[B]. The van der Waals surface area contributed by atoms with Crippen molar-refractivity contribution in [2.24, 2.45) is 5.11 Å². The molecule has 0 aromatic heterocycles. The van der Waals surface area contributed by atoms with Crippen molar-refractivity contribution >= 4 is 31.9 Å². The molecule has 0 amide bonds. The number of phosphoric ester groups is 1. The number of hydrogen-bond donors (Lipinski definition) is 1. The van der Waals surface area contributed by atoms with Crippen LogP contribution in [0.1, 0.15) is 20.3 Å². The summed E-state index contributed by atoms with van der Waals surface area (Å²) in [6, 6.07) is 0. The van der Waals surface area contributed by atoms with Gasteiger partial charge in [-0.1, -0.05) is 5.11 Å². The van der Waals surface area contributed by atoms with Crippen molar-refractivity contribution in [3.8, 4) is 0 Å². The van der Waals surface area contributed by atoms with E-state index in [0.717, 1.165) is 0 Å². The lowest BCUT2D eigenvalue weighted by molar-refractivity contribution is -0.250. The van der Waals surface area contributed by atoms with Crippen LogP contribution in [-0.4, -0.2) is 44.5 Å². The first-order valence-electron chi connectivity index (χ1n) is 6.81.